The van der Waals surface area contributed by atoms with Crippen molar-refractivity contribution in [3.05, 3.63) is 9.47 Å². The van der Waals surface area contributed by atoms with Crippen LogP contribution in [0.2, 0.25) is 4.47 Å². The van der Waals surface area contributed by atoms with Crippen LogP contribution in [0.1, 0.15) is 9.80 Å². The largest absolute Gasteiger partial charge is 0.336 e. The van der Waals surface area contributed by atoms with E-state index in [0.29, 0.717) is 31.2 Å². The van der Waals surface area contributed by atoms with Gasteiger partial charge in [0.05, 0.1) is 6.04 Å². The lowest BCUT2D eigenvalue weighted by Crippen LogP contribution is -2.53. The standard InChI is InChI=1S/C9H10ClN5O2S/c10-8-13-12-6(18-8)7(16)14-1-2-15-5(4-14)3-11-9(15)17/h5H,1-4H2,(H,11,17). The number of halogens is 1. The molecule has 1 atom stereocenters. The molecule has 0 aliphatic carbocycles. The molecule has 1 N–H and O–H groups in total. The highest BCUT2D eigenvalue weighted by atomic mass is 35.5. The fourth-order valence-electron chi connectivity index (χ4n) is 2.22. The van der Waals surface area contributed by atoms with E-state index in [4.69, 9.17) is 11.6 Å². The van der Waals surface area contributed by atoms with Crippen LogP contribution in [0.25, 0.3) is 0 Å². The Hall–Kier alpha value is -1.41. The quantitative estimate of drug-likeness (QED) is 0.791. The summed E-state index contributed by atoms with van der Waals surface area (Å²) in [5, 5.41) is 10.4. The summed E-state index contributed by atoms with van der Waals surface area (Å²) in [6.07, 6.45) is 0. The van der Waals surface area contributed by atoms with E-state index in [0.717, 1.165) is 11.3 Å². The zero-order chi connectivity index (χ0) is 12.7. The molecular formula is C9H10ClN5O2S. The average Bonchev–Trinajstić information content (AvgIpc) is 2.95. The first kappa shape index (κ1) is 11.7. The Morgan fingerprint density at radius 2 is 2.28 bits per heavy atom. The highest BCUT2D eigenvalue weighted by Crippen LogP contribution is 2.20. The lowest BCUT2D eigenvalue weighted by atomic mass is 10.2. The maximum atomic E-state index is 12.1. The minimum absolute atomic E-state index is 0.0499. The number of nitrogens with zero attached hydrogens (tertiary/aromatic N) is 4. The third kappa shape index (κ3) is 1.91. The summed E-state index contributed by atoms with van der Waals surface area (Å²) in [4.78, 5) is 27.0. The summed E-state index contributed by atoms with van der Waals surface area (Å²) < 4.78 is 0.259. The van der Waals surface area contributed by atoms with Crippen molar-refractivity contribution in [2.45, 2.75) is 6.04 Å². The number of hydrogen-bond acceptors (Lipinski definition) is 5. The Bertz CT molecular complexity index is 507. The van der Waals surface area contributed by atoms with Gasteiger partial charge in [0.1, 0.15) is 0 Å². The number of nitrogens with one attached hydrogen (secondary N) is 1. The van der Waals surface area contributed by atoms with Crippen molar-refractivity contribution in [1.29, 1.82) is 0 Å². The maximum Gasteiger partial charge on any atom is 0.317 e. The fraction of sp³-hybridized carbons (Fsp3) is 0.556. The van der Waals surface area contributed by atoms with Gasteiger partial charge in [-0.2, -0.15) is 0 Å². The molecule has 1 aromatic rings. The molecule has 2 fully saturated rings. The Kier molecular flexibility index (Phi) is 2.83. The third-order valence-electron chi connectivity index (χ3n) is 3.10. The zero-order valence-electron chi connectivity index (χ0n) is 9.30. The summed E-state index contributed by atoms with van der Waals surface area (Å²) in [5.41, 5.74) is 0. The van der Waals surface area contributed by atoms with Crippen molar-refractivity contribution in [3.63, 3.8) is 0 Å². The van der Waals surface area contributed by atoms with Gasteiger partial charge in [-0.3, -0.25) is 4.79 Å². The maximum absolute atomic E-state index is 12.1. The summed E-state index contributed by atoms with van der Waals surface area (Å²) in [7, 11) is 0. The molecule has 96 valence electrons. The number of carbonyl (C=O) groups is 2. The Morgan fingerprint density at radius 3 is 3.00 bits per heavy atom. The molecule has 0 saturated carbocycles. The van der Waals surface area contributed by atoms with Crippen LogP contribution in [0.4, 0.5) is 4.79 Å². The van der Waals surface area contributed by atoms with Crippen LogP contribution >= 0.6 is 22.9 Å². The van der Waals surface area contributed by atoms with E-state index in [-0.39, 0.29) is 22.4 Å². The molecular weight excluding hydrogens is 278 g/mol. The minimum atomic E-state index is -0.168. The van der Waals surface area contributed by atoms with E-state index < -0.39 is 0 Å². The highest BCUT2D eigenvalue weighted by molar-refractivity contribution is 7.17. The van der Waals surface area contributed by atoms with Crippen LogP contribution in [0.15, 0.2) is 0 Å². The van der Waals surface area contributed by atoms with E-state index in [2.05, 4.69) is 15.5 Å². The number of urea groups is 1. The van der Waals surface area contributed by atoms with Gasteiger partial charge in [0.15, 0.2) is 0 Å². The van der Waals surface area contributed by atoms with E-state index >= 15 is 0 Å². The van der Waals surface area contributed by atoms with Gasteiger partial charge in [0.2, 0.25) is 9.47 Å². The summed E-state index contributed by atoms with van der Waals surface area (Å²) >= 11 is 6.73. The number of amides is 3. The second-order valence-electron chi connectivity index (χ2n) is 4.14. The van der Waals surface area contributed by atoms with Crippen molar-refractivity contribution < 1.29 is 9.59 Å². The molecule has 0 radical (unpaired) electrons. The molecule has 2 aliphatic rings. The van der Waals surface area contributed by atoms with Crippen molar-refractivity contribution in [3.8, 4) is 0 Å². The van der Waals surface area contributed by atoms with E-state index in [9.17, 15) is 9.59 Å². The summed E-state index contributed by atoms with van der Waals surface area (Å²) in [5.74, 6) is -0.168. The number of fused-ring (bicyclic) bond motifs is 1. The fourth-order valence-corrected chi connectivity index (χ4v) is 3.01. The van der Waals surface area contributed by atoms with Crippen LogP contribution in [-0.4, -0.2) is 64.2 Å². The van der Waals surface area contributed by atoms with Gasteiger partial charge in [0.25, 0.3) is 5.91 Å². The van der Waals surface area contributed by atoms with Crippen LogP contribution in [-0.2, 0) is 0 Å². The molecule has 2 aliphatic heterocycles. The zero-order valence-corrected chi connectivity index (χ0v) is 10.9. The molecule has 0 spiro atoms. The molecule has 1 aromatic heterocycles. The Labute approximate surface area is 112 Å². The molecule has 0 bridgehead atoms. The van der Waals surface area contributed by atoms with Gasteiger partial charge in [-0.05, 0) is 11.6 Å². The third-order valence-corrected chi connectivity index (χ3v) is 4.11. The first-order valence-corrected chi connectivity index (χ1v) is 6.67. The molecule has 3 heterocycles. The Balaban J connectivity index is 1.71. The van der Waals surface area contributed by atoms with Crippen molar-refractivity contribution in [2.24, 2.45) is 0 Å². The molecule has 3 rings (SSSR count). The lowest BCUT2D eigenvalue weighted by molar-refractivity contribution is 0.0616. The van der Waals surface area contributed by atoms with Crippen LogP contribution in [0.5, 0.6) is 0 Å². The first-order chi connectivity index (χ1) is 8.65. The van der Waals surface area contributed by atoms with Gasteiger partial charge in [0, 0.05) is 26.2 Å². The number of hydrogen-bond donors (Lipinski definition) is 1. The van der Waals surface area contributed by atoms with Crippen molar-refractivity contribution in [1.82, 2.24) is 25.3 Å². The van der Waals surface area contributed by atoms with Gasteiger partial charge < -0.3 is 15.1 Å². The lowest BCUT2D eigenvalue weighted by Gasteiger charge is -2.35. The van der Waals surface area contributed by atoms with Crippen molar-refractivity contribution in [2.75, 3.05) is 26.2 Å². The number of rotatable bonds is 1. The second kappa shape index (κ2) is 4.36. The van der Waals surface area contributed by atoms with Crippen LogP contribution < -0.4 is 5.32 Å². The van der Waals surface area contributed by atoms with Crippen LogP contribution in [0.3, 0.4) is 0 Å². The van der Waals surface area contributed by atoms with E-state index in [1.54, 1.807) is 9.80 Å². The molecule has 7 nitrogen and oxygen atoms in total. The van der Waals surface area contributed by atoms with E-state index in [1.165, 1.54) is 0 Å². The molecule has 3 amide bonds. The predicted octanol–water partition coefficient (Wildman–Crippen LogP) is 0.0411. The monoisotopic (exact) mass is 287 g/mol. The number of carbonyl (C=O) groups excluding carboxylic acids is 2. The molecule has 2 saturated heterocycles. The van der Waals surface area contributed by atoms with E-state index in [1.807, 2.05) is 0 Å². The molecule has 1 unspecified atom stereocenters. The molecule has 0 aromatic carbocycles. The van der Waals surface area contributed by atoms with Gasteiger partial charge in [-0.1, -0.05) is 11.3 Å². The van der Waals surface area contributed by atoms with Gasteiger partial charge >= 0.3 is 6.03 Å². The molecule has 18 heavy (non-hydrogen) atoms. The van der Waals surface area contributed by atoms with Crippen molar-refractivity contribution >= 4 is 34.9 Å². The SMILES string of the molecule is O=C(c1nnc(Cl)s1)N1CCN2C(=O)NCC2C1. The molecule has 9 heteroatoms. The average molecular weight is 288 g/mol. The normalized spacial score (nSPS) is 22.9. The highest BCUT2D eigenvalue weighted by Gasteiger charge is 2.37. The topological polar surface area (TPSA) is 78.4 Å². The van der Waals surface area contributed by atoms with Crippen LogP contribution in [0, 0.1) is 0 Å². The first-order valence-electron chi connectivity index (χ1n) is 5.48. The summed E-state index contributed by atoms with van der Waals surface area (Å²) in [6.45, 7) is 2.17. The number of piperazine rings is 1. The smallest absolute Gasteiger partial charge is 0.317 e. The second-order valence-corrected chi connectivity index (χ2v) is 5.70. The van der Waals surface area contributed by atoms with Gasteiger partial charge in [-0.25, -0.2) is 4.79 Å². The van der Waals surface area contributed by atoms with Gasteiger partial charge in [-0.15, -0.1) is 10.2 Å². The Morgan fingerprint density at radius 1 is 1.44 bits per heavy atom. The summed E-state index contributed by atoms with van der Waals surface area (Å²) in [6, 6.07) is 0.00431. The minimum Gasteiger partial charge on any atom is -0.336 e. The predicted molar refractivity (Wildman–Crippen MR) is 64.7 cm³/mol. The number of aromatic nitrogens is 2.